The maximum absolute atomic E-state index is 6.14. The van der Waals surface area contributed by atoms with Gasteiger partial charge < -0.3 is 18.9 Å². The van der Waals surface area contributed by atoms with Gasteiger partial charge in [-0.05, 0) is 22.8 Å². The van der Waals surface area contributed by atoms with Crippen LogP contribution in [0.4, 0.5) is 0 Å². The van der Waals surface area contributed by atoms with Crippen molar-refractivity contribution >= 4 is 0 Å². The number of hydrogen-bond acceptors (Lipinski definition) is 4. The minimum atomic E-state index is -1.14. The SMILES string of the molecule is C1=C(COCc2ccccc2)OC(OCc2ccccc2)(OCc2ccccc2)C1. The molecule has 4 nitrogen and oxygen atoms in total. The van der Waals surface area contributed by atoms with Crippen molar-refractivity contribution in [2.24, 2.45) is 0 Å². The molecule has 0 aliphatic carbocycles. The Hall–Kier alpha value is -2.92. The molecule has 30 heavy (non-hydrogen) atoms. The van der Waals surface area contributed by atoms with Gasteiger partial charge in [-0.25, -0.2) is 0 Å². The zero-order chi connectivity index (χ0) is 20.5. The minimum absolute atomic E-state index is 0.375. The average Bonchev–Trinajstić information content (AvgIpc) is 3.22. The van der Waals surface area contributed by atoms with Crippen molar-refractivity contribution in [3.8, 4) is 0 Å². The van der Waals surface area contributed by atoms with Crippen molar-refractivity contribution in [2.75, 3.05) is 6.61 Å². The van der Waals surface area contributed by atoms with E-state index in [4.69, 9.17) is 18.9 Å². The molecular weight excluding hydrogens is 376 g/mol. The highest BCUT2D eigenvalue weighted by Gasteiger charge is 2.39. The summed E-state index contributed by atoms with van der Waals surface area (Å²) in [5.41, 5.74) is 3.26. The van der Waals surface area contributed by atoms with Gasteiger partial charge in [0.15, 0.2) is 0 Å². The molecule has 154 valence electrons. The van der Waals surface area contributed by atoms with Gasteiger partial charge in [0.25, 0.3) is 0 Å². The van der Waals surface area contributed by atoms with Crippen LogP contribution in [-0.4, -0.2) is 12.6 Å². The molecule has 0 atom stereocenters. The topological polar surface area (TPSA) is 36.9 Å². The van der Waals surface area contributed by atoms with Crippen molar-refractivity contribution in [2.45, 2.75) is 32.2 Å². The lowest BCUT2D eigenvalue weighted by Gasteiger charge is -2.29. The van der Waals surface area contributed by atoms with Crippen molar-refractivity contribution < 1.29 is 18.9 Å². The molecule has 0 spiro atoms. The third-order valence-electron chi connectivity index (χ3n) is 4.83. The highest BCUT2D eigenvalue weighted by atomic mass is 16.9. The summed E-state index contributed by atoms with van der Waals surface area (Å²) >= 11 is 0. The van der Waals surface area contributed by atoms with Crippen molar-refractivity contribution in [3.63, 3.8) is 0 Å². The van der Waals surface area contributed by atoms with Crippen LogP contribution >= 0.6 is 0 Å². The quantitative estimate of drug-likeness (QED) is 0.414. The first-order valence-electron chi connectivity index (χ1n) is 10.2. The Balaban J connectivity index is 1.35. The first-order chi connectivity index (χ1) is 14.8. The lowest BCUT2D eigenvalue weighted by atomic mass is 10.2. The summed E-state index contributed by atoms with van der Waals surface area (Å²) in [6, 6.07) is 30.1. The molecule has 1 aliphatic heterocycles. The molecule has 1 aliphatic rings. The first-order valence-corrected chi connectivity index (χ1v) is 10.2. The molecule has 3 aromatic carbocycles. The van der Waals surface area contributed by atoms with E-state index in [1.54, 1.807) is 0 Å². The van der Waals surface area contributed by atoms with Crippen LogP contribution in [-0.2, 0) is 38.8 Å². The summed E-state index contributed by atoms with van der Waals surface area (Å²) in [5.74, 6) is -0.413. The van der Waals surface area contributed by atoms with Crippen LogP contribution in [0.1, 0.15) is 23.1 Å². The van der Waals surface area contributed by atoms with E-state index < -0.39 is 5.97 Å². The Morgan fingerprint density at radius 2 is 1.07 bits per heavy atom. The average molecular weight is 402 g/mol. The Bertz CT molecular complexity index is 880. The van der Waals surface area contributed by atoms with Gasteiger partial charge in [0.05, 0.1) is 26.2 Å². The van der Waals surface area contributed by atoms with E-state index in [1.165, 1.54) is 0 Å². The van der Waals surface area contributed by atoms with Crippen LogP contribution in [0.15, 0.2) is 103 Å². The van der Waals surface area contributed by atoms with E-state index in [9.17, 15) is 0 Å². The molecule has 0 bridgehead atoms. The zero-order valence-electron chi connectivity index (χ0n) is 16.9. The van der Waals surface area contributed by atoms with Crippen LogP contribution in [0.25, 0.3) is 0 Å². The molecule has 0 fully saturated rings. The predicted molar refractivity (Wildman–Crippen MR) is 115 cm³/mol. The van der Waals surface area contributed by atoms with E-state index in [0.717, 1.165) is 22.4 Å². The van der Waals surface area contributed by atoms with Gasteiger partial charge in [-0.2, -0.15) is 0 Å². The fourth-order valence-corrected chi connectivity index (χ4v) is 3.21. The van der Waals surface area contributed by atoms with Gasteiger partial charge in [0, 0.05) is 0 Å². The smallest absolute Gasteiger partial charge is 0.331 e. The van der Waals surface area contributed by atoms with Crippen molar-refractivity contribution in [3.05, 3.63) is 120 Å². The molecular formula is C26H26O4. The molecule has 4 rings (SSSR count). The van der Waals surface area contributed by atoms with E-state index in [1.807, 2.05) is 97.1 Å². The fraction of sp³-hybridized carbons (Fsp3) is 0.231. The second-order valence-electron chi connectivity index (χ2n) is 7.19. The highest BCUT2D eigenvalue weighted by Crippen LogP contribution is 2.33. The normalized spacial score (nSPS) is 14.9. The Morgan fingerprint density at radius 3 is 1.57 bits per heavy atom. The van der Waals surface area contributed by atoms with Gasteiger partial charge in [0.2, 0.25) is 0 Å². The summed E-state index contributed by atoms with van der Waals surface area (Å²) in [4.78, 5) is 0. The summed E-state index contributed by atoms with van der Waals surface area (Å²) in [6.45, 7) is 1.72. The Kier molecular flexibility index (Phi) is 6.93. The lowest BCUT2D eigenvalue weighted by Crippen LogP contribution is -2.35. The van der Waals surface area contributed by atoms with E-state index in [-0.39, 0.29) is 0 Å². The van der Waals surface area contributed by atoms with Gasteiger partial charge >= 0.3 is 5.97 Å². The third-order valence-corrected chi connectivity index (χ3v) is 4.83. The Labute approximate surface area is 177 Å². The Morgan fingerprint density at radius 1 is 0.600 bits per heavy atom. The molecule has 0 N–H and O–H groups in total. The molecule has 0 amide bonds. The molecule has 1 heterocycles. The van der Waals surface area contributed by atoms with E-state index >= 15 is 0 Å². The summed E-state index contributed by atoms with van der Waals surface area (Å²) in [5, 5.41) is 0. The van der Waals surface area contributed by atoms with Crippen LogP contribution in [0.2, 0.25) is 0 Å². The maximum atomic E-state index is 6.14. The lowest BCUT2D eigenvalue weighted by molar-refractivity contribution is -0.366. The number of ether oxygens (including phenoxy) is 4. The van der Waals surface area contributed by atoms with Gasteiger partial charge in [-0.1, -0.05) is 91.0 Å². The second kappa shape index (κ2) is 10.2. The standard InChI is InChI=1S/C26H26O4/c1-4-10-22(11-5-1)18-27-21-25-16-17-26(30-25,28-19-23-12-6-2-7-13-23)29-20-24-14-8-3-9-15-24/h1-16H,17-21H2. The highest BCUT2D eigenvalue weighted by molar-refractivity contribution is 5.16. The molecule has 3 aromatic rings. The van der Waals surface area contributed by atoms with Crippen LogP contribution < -0.4 is 0 Å². The van der Waals surface area contributed by atoms with Crippen molar-refractivity contribution in [1.82, 2.24) is 0 Å². The third kappa shape index (κ3) is 5.80. The molecule has 0 radical (unpaired) electrons. The van der Waals surface area contributed by atoms with Crippen molar-refractivity contribution in [1.29, 1.82) is 0 Å². The maximum Gasteiger partial charge on any atom is 0.331 e. The molecule has 4 heteroatoms. The number of rotatable bonds is 10. The largest absolute Gasteiger partial charge is 0.441 e. The number of hydrogen-bond donors (Lipinski definition) is 0. The monoisotopic (exact) mass is 402 g/mol. The number of benzene rings is 3. The van der Waals surface area contributed by atoms with Crippen LogP contribution in [0.5, 0.6) is 0 Å². The van der Waals surface area contributed by atoms with E-state index in [0.29, 0.717) is 32.8 Å². The van der Waals surface area contributed by atoms with Gasteiger partial charge in [-0.3, -0.25) is 0 Å². The van der Waals surface area contributed by atoms with Crippen LogP contribution in [0, 0.1) is 0 Å². The van der Waals surface area contributed by atoms with Crippen LogP contribution in [0.3, 0.4) is 0 Å². The summed E-state index contributed by atoms with van der Waals surface area (Å²) in [6.07, 6.45) is 2.50. The molecule has 0 unspecified atom stereocenters. The van der Waals surface area contributed by atoms with E-state index in [2.05, 4.69) is 0 Å². The molecule has 0 saturated carbocycles. The fourth-order valence-electron chi connectivity index (χ4n) is 3.21. The first kappa shape index (κ1) is 20.4. The minimum Gasteiger partial charge on any atom is -0.441 e. The predicted octanol–water partition coefficient (Wildman–Crippen LogP) is 5.59. The second-order valence-corrected chi connectivity index (χ2v) is 7.19. The molecule has 0 aromatic heterocycles. The zero-order valence-corrected chi connectivity index (χ0v) is 16.9. The van der Waals surface area contributed by atoms with Gasteiger partial charge in [-0.15, -0.1) is 0 Å². The summed E-state index contributed by atoms with van der Waals surface area (Å²) in [7, 11) is 0. The molecule has 0 saturated heterocycles. The van der Waals surface area contributed by atoms with Gasteiger partial charge in [0.1, 0.15) is 12.4 Å². The summed E-state index contributed by atoms with van der Waals surface area (Å²) < 4.78 is 24.2.